The highest BCUT2D eigenvalue weighted by atomic mass is 16.3. The summed E-state index contributed by atoms with van der Waals surface area (Å²) in [5, 5.41) is 6.62. The Morgan fingerprint density at radius 1 is 1.06 bits per heavy atom. The van der Waals surface area contributed by atoms with E-state index in [1.165, 1.54) is 5.56 Å². The molecule has 2 aromatic carbocycles. The lowest BCUT2D eigenvalue weighted by Crippen LogP contribution is -2.36. The van der Waals surface area contributed by atoms with E-state index in [-0.39, 0.29) is 0 Å². The van der Waals surface area contributed by atoms with Crippen molar-refractivity contribution in [3.63, 3.8) is 0 Å². The van der Waals surface area contributed by atoms with Crippen molar-refractivity contribution in [1.29, 1.82) is 0 Å². The minimum absolute atomic E-state index is 0.530. The number of oxazole rings is 1. The van der Waals surface area contributed by atoms with E-state index in [4.69, 9.17) is 9.41 Å². The zero-order chi connectivity index (χ0) is 22.2. The van der Waals surface area contributed by atoms with Gasteiger partial charge in [-0.25, -0.2) is 15.0 Å². The molecule has 7 nitrogen and oxygen atoms in total. The molecule has 2 heterocycles. The molecule has 0 aliphatic carbocycles. The van der Waals surface area contributed by atoms with Crippen LogP contribution in [0.15, 0.2) is 82.7 Å². The van der Waals surface area contributed by atoms with Crippen molar-refractivity contribution < 1.29 is 4.42 Å². The molecule has 164 valence electrons. The van der Waals surface area contributed by atoms with Crippen molar-refractivity contribution in [2.24, 2.45) is 4.99 Å². The van der Waals surface area contributed by atoms with E-state index in [2.05, 4.69) is 56.4 Å². The van der Waals surface area contributed by atoms with Crippen LogP contribution in [0, 0.1) is 6.92 Å². The molecule has 0 unspecified atom stereocenters. The molecule has 0 amide bonds. The van der Waals surface area contributed by atoms with Crippen molar-refractivity contribution >= 4 is 5.96 Å². The highest BCUT2D eigenvalue weighted by Gasteiger charge is 2.07. The second-order valence-electron chi connectivity index (χ2n) is 7.48. The largest absolute Gasteiger partial charge is 0.444 e. The average Bonchev–Trinajstić information content (AvgIpc) is 3.46. The second-order valence-corrected chi connectivity index (χ2v) is 7.48. The Bertz CT molecular complexity index is 1160. The van der Waals surface area contributed by atoms with Crippen LogP contribution in [-0.2, 0) is 19.6 Å². The lowest BCUT2D eigenvalue weighted by Gasteiger charge is -2.11. The van der Waals surface area contributed by atoms with Gasteiger partial charge in [0.1, 0.15) is 12.1 Å². The molecule has 32 heavy (non-hydrogen) atoms. The molecule has 0 saturated heterocycles. The topological polar surface area (TPSA) is 80.3 Å². The van der Waals surface area contributed by atoms with Gasteiger partial charge in [0, 0.05) is 31.0 Å². The summed E-state index contributed by atoms with van der Waals surface area (Å²) in [4.78, 5) is 13.6. The molecule has 0 bridgehead atoms. The van der Waals surface area contributed by atoms with E-state index < -0.39 is 0 Å². The number of aryl methyl sites for hydroxylation is 1. The predicted octanol–water partition coefficient (Wildman–Crippen LogP) is 4.15. The third-order valence-corrected chi connectivity index (χ3v) is 5.04. The van der Waals surface area contributed by atoms with Crippen LogP contribution >= 0.6 is 0 Å². The number of aromatic nitrogens is 3. The Balaban J connectivity index is 1.38. The standard InChI is InChI=1S/C25H28N6O/c1-3-26-25(29-16-23-18-32-24(30-23)22-10-5-4-6-11-22)28-15-20-8-7-9-21(14-20)17-31-13-12-27-19(31)2/h4-14,18H,3,15-17H2,1-2H3,(H2,26,28,29). The Morgan fingerprint density at radius 2 is 1.91 bits per heavy atom. The van der Waals surface area contributed by atoms with Crippen molar-refractivity contribution in [3.8, 4) is 11.5 Å². The summed E-state index contributed by atoms with van der Waals surface area (Å²) in [5.74, 6) is 2.37. The zero-order valence-electron chi connectivity index (χ0n) is 18.5. The average molecular weight is 429 g/mol. The van der Waals surface area contributed by atoms with Crippen molar-refractivity contribution in [3.05, 3.63) is 95.9 Å². The molecular weight excluding hydrogens is 400 g/mol. The van der Waals surface area contributed by atoms with Crippen LogP contribution < -0.4 is 10.6 Å². The quantitative estimate of drug-likeness (QED) is 0.326. The maximum atomic E-state index is 5.62. The smallest absolute Gasteiger partial charge is 0.226 e. The number of nitrogens with one attached hydrogen (secondary N) is 2. The number of nitrogens with zero attached hydrogens (tertiary/aromatic N) is 4. The molecule has 0 radical (unpaired) electrons. The maximum absolute atomic E-state index is 5.62. The van der Waals surface area contributed by atoms with Gasteiger partial charge in [0.2, 0.25) is 5.89 Å². The van der Waals surface area contributed by atoms with Gasteiger partial charge in [-0.15, -0.1) is 0 Å². The number of imidazole rings is 1. The Labute approximate surface area is 188 Å². The van der Waals surface area contributed by atoms with Gasteiger partial charge in [-0.05, 0) is 37.1 Å². The van der Waals surface area contributed by atoms with E-state index in [9.17, 15) is 0 Å². The normalized spacial score (nSPS) is 11.5. The van der Waals surface area contributed by atoms with E-state index in [0.717, 1.165) is 41.7 Å². The fourth-order valence-electron chi connectivity index (χ4n) is 3.38. The molecule has 0 atom stereocenters. The molecule has 0 aliphatic heterocycles. The Kier molecular flexibility index (Phi) is 6.97. The summed E-state index contributed by atoms with van der Waals surface area (Å²) in [7, 11) is 0. The monoisotopic (exact) mass is 428 g/mol. The summed E-state index contributed by atoms with van der Waals surface area (Å²) < 4.78 is 7.75. The predicted molar refractivity (Wildman–Crippen MR) is 126 cm³/mol. The highest BCUT2D eigenvalue weighted by Crippen LogP contribution is 2.17. The molecule has 0 fully saturated rings. The van der Waals surface area contributed by atoms with Crippen molar-refractivity contribution in [2.75, 3.05) is 6.54 Å². The first kappa shape index (κ1) is 21.4. The third-order valence-electron chi connectivity index (χ3n) is 5.04. The third kappa shape index (κ3) is 5.63. The highest BCUT2D eigenvalue weighted by molar-refractivity contribution is 5.79. The van der Waals surface area contributed by atoms with Gasteiger partial charge >= 0.3 is 0 Å². The maximum Gasteiger partial charge on any atom is 0.226 e. The minimum Gasteiger partial charge on any atom is -0.444 e. The van der Waals surface area contributed by atoms with Crippen molar-refractivity contribution in [1.82, 2.24) is 25.2 Å². The number of guanidine groups is 1. The first-order valence-corrected chi connectivity index (χ1v) is 10.8. The molecule has 2 aromatic heterocycles. The van der Waals surface area contributed by atoms with E-state index in [0.29, 0.717) is 19.0 Å². The van der Waals surface area contributed by atoms with Crippen LogP contribution in [0.2, 0.25) is 0 Å². The molecule has 4 rings (SSSR count). The lowest BCUT2D eigenvalue weighted by atomic mass is 10.1. The number of rotatable bonds is 8. The molecule has 7 heteroatoms. The van der Waals surface area contributed by atoms with E-state index in [1.54, 1.807) is 6.26 Å². The summed E-state index contributed by atoms with van der Waals surface area (Å²) in [6, 6.07) is 18.4. The number of hydrogen-bond donors (Lipinski definition) is 2. The van der Waals surface area contributed by atoms with Crippen LogP contribution in [0.3, 0.4) is 0 Å². The molecule has 0 spiro atoms. The zero-order valence-corrected chi connectivity index (χ0v) is 18.5. The van der Waals surface area contributed by atoms with Crippen LogP contribution in [-0.4, -0.2) is 27.0 Å². The van der Waals surface area contributed by atoms with Gasteiger partial charge < -0.3 is 19.6 Å². The Hall–Kier alpha value is -3.87. The SMILES string of the molecule is CCNC(=NCc1cccc(Cn2ccnc2C)c1)NCc1coc(-c2ccccc2)n1. The first-order chi connectivity index (χ1) is 15.7. The summed E-state index contributed by atoms with van der Waals surface area (Å²) in [5.41, 5.74) is 4.18. The van der Waals surface area contributed by atoms with Gasteiger partial charge in [-0.2, -0.15) is 0 Å². The van der Waals surface area contributed by atoms with Crippen LogP contribution in [0.4, 0.5) is 0 Å². The molecular formula is C25H28N6O. The minimum atomic E-state index is 0.530. The fourth-order valence-corrected chi connectivity index (χ4v) is 3.38. The van der Waals surface area contributed by atoms with Gasteiger partial charge in [-0.1, -0.05) is 42.5 Å². The number of aliphatic imine (C=N–C) groups is 1. The van der Waals surface area contributed by atoms with Gasteiger partial charge in [0.05, 0.1) is 18.8 Å². The fraction of sp³-hybridized carbons (Fsp3) is 0.240. The summed E-state index contributed by atoms with van der Waals surface area (Å²) in [6.07, 6.45) is 5.51. The van der Waals surface area contributed by atoms with Gasteiger partial charge in [0.25, 0.3) is 0 Å². The van der Waals surface area contributed by atoms with Crippen molar-refractivity contribution in [2.45, 2.75) is 33.5 Å². The molecule has 4 aromatic rings. The van der Waals surface area contributed by atoms with E-state index in [1.807, 2.05) is 49.6 Å². The van der Waals surface area contributed by atoms with Crippen LogP contribution in [0.1, 0.15) is 29.6 Å². The van der Waals surface area contributed by atoms with Crippen LogP contribution in [0.25, 0.3) is 11.5 Å². The summed E-state index contributed by atoms with van der Waals surface area (Å²) >= 11 is 0. The lowest BCUT2D eigenvalue weighted by molar-refractivity contribution is 0.572. The van der Waals surface area contributed by atoms with Gasteiger partial charge in [0.15, 0.2) is 5.96 Å². The van der Waals surface area contributed by atoms with E-state index >= 15 is 0 Å². The Morgan fingerprint density at radius 3 is 2.69 bits per heavy atom. The van der Waals surface area contributed by atoms with Crippen LogP contribution in [0.5, 0.6) is 0 Å². The molecule has 0 saturated carbocycles. The molecule has 2 N–H and O–H groups in total. The van der Waals surface area contributed by atoms with Gasteiger partial charge in [-0.3, -0.25) is 0 Å². The number of benzene rings is 2. The molecule has 0 aliphatic rings. The first-order valence-electron chi connectivity index (χ1n) is 10.8. The number of hydrogen-bond acceptors (Lipinski definition) is 4. The summed E-state index contributed by atoms with van der Waals surface area (Å²) in [6.45, 7) is 6.76. The second kappa shape index (κ2) is 10.4.